The summed E-state index contributed by atoms with van der Waals surface area (Å²) in [6.45, 7) is 1.56. The monoisotopic (exact) mass is 267 g/mol. The van der Waals surface area contributed by atoms with E-state index in [1.54, 1.807) is 14.0 Å². The van der Waals surface area contributed by atoms with Crippen LogP contribution in [0.2, 0.25) is 0 Å². The third kappa shape index (κ3) is 2.58. The number of carbonyl (C=O) groups is 1. The van der Waals surface area contributed by atoms with Crippen LogP contribution in [-0.2, 0) is 0 Å². The second-order valence-corrected chi connectivity index (χ2v) is 4.85. The van der Waals surface area contributed by atoms with Crippen LogP contribution in [0.4, 0.5) is 0 Å². The molecule has 5 nitrogen and oxygen atoms in total. The number of likely N-dealkylation sites (N-methyl/N-ethyl adjacent to an activating group) is 1. The van der Waals surface area contributed by atoms with Crippen molar-refractivity contribution in [3.63, 3.8) is 0 Å². The lowest BCUT2D eigenvalue weighted by molar-refractivity contribution is -0.178. The predicted molar refractivity (Wildman–Crippen MR) is 75.3 cm³/mol. The Balaban J connectivity index is 2.30. The Hall–Kier alpha value is -1.40. The molecular weight excluding hydrogens is 255 g/mol. The molecule has 2 rings (SSSR count). The lowest BCUT2D eigenvalue weighted by Crippen LogP contribution is -2.51. The zero-order valence-electron chi connectivity index (χ0n) is 11.3. The number of ketones is 1. The summed E-state index contributed by atoms with van der Waals surface area (Å²) >= 11 is 0. The Morgan fingerprint density at radius 3 is 2.65 bits per heavy atom. The molecule has 0 amide bonds. The van der Waals surface area contributed by atoms with Gasteiger partial charge < -0.3 is 19.5 Å². The normalized spacial score (nSPS) is 23.6. The fourth-order valence-electron chi connectivity index (χ4n) is 1.80. The number of fused-ring (bicyclic) bond motifs is 1. The third-order valence-corrected chi connectivity index (χ3v) is 3.24. The van der Waals surface area contributed by atoms with E-state index in [0.29, 0.717) is 5.56 Å². The number of nitrogens with zero attached hydrogens (tertiary/aromatic N) is 1. The highest BCUT2D eigenvalue weighted by Gasteiger charge is 2.36. The number of hydrogen-bond acceptors (Lipinski definition) is 5. The van der Waals surface area contributed by atoms with E-state index in [9.17, 15) is 9.90 Å². The summed E-state index contributed by atoms with van der Waals surface area (Å²) < 4.78 is 9.89. The fraction of sp³-hybridized carbons (Fsp3) is 0.417. The number of hydrogen-bond donors (Lipinski definition) is 1. The van der Waals surface area contributed by atoms with Crippen LogP contribution in [0.25, 0.3) is 0 Å². The Bertz CT molecular complexity index is 548. The molecule has 1 aliphatic heterocycles. The molecule has 0 aromatic heterocycles. The number of ether oxygens (including phenoxy) is 2. The van der Waals surface area contributed by atoms with Gasteiger partial charge in [0.1, 0.15) is 7.85 Å². The van der Waals surface area contributed by atoms with E-state index in [-0.39, 0.29) is 23.7 Å². The Kier molecular flexibility index (Phi) is 3.65. The summed E-state index contributed by atoms with van der Waals surface area (Å²) in [7, 11) is 18.4. The van der Waals surface area contributed by atoms with Crippen LogP contribution < -0.4 is 9.47 Å². The van der Waals surface area contributed by atoms with Gasteiger partial charge in [-0.1, -0.05) is 0 Å². The third-order valence-electron chi connectivity index (χ3n) is 3.24. The molecule has 20 heavy (non-hydrogen) atoms. The van der Waals surface area contributed by atoms with E-state index in [1.165, 1.54) is 23.1 Å². The molecule has 2 atom stereocenters. The highest BCUT2D eigenvalue weighted by molar-refractivity contribution is 6.32. The van der Waals surface area contributed by atoms with Crippen molar-refractivity contribution in [2.24, 2.45) is 0 Å². The molecule has 0 aliphatic carbocycles. The van der Waals surface area contributed by atoms with Crippen LogP contribution in [0.1, 0.15) is 17.3 Å². The molecule has 1 aromatic carbocycles. The molecule has 0 fully saturated rings. The summed E-state index contributed by atoms with van der Waals surface area (Å²) in [6.07, 6.45) is 0.131. The maximum absolute atomic E-state index is 12.4. The molecule has 1 aromatic rings. The average Bonchev–Trinajstić information content (AvgIpc) is 2.69. The largest absolute Gasteiger partial charge is 0.435 e. The van der Waals surface area contributed by atoms with Crippen molar-refractivity contribution in [2.45, 2.75) is 18.2 Å². The molecule has 2 unspecified atom stereocenters. The highest BCUT2D eigenvalue weighted by Crippen LogP contribution is 2.38. The molecule has 1 aliphatic rings. The molecule has 0 saturated carbocycles. The van der Waals surface area contributed by atoms with Gasteiger partial charge in [0, 0.05) is 11.0 Å². The van der Waals surface area contributed by atoms with Gasteiger partial charge in [-0.15, -0.1) is 0 Å². The van der Waals surface area contributed by atoms with Crippen LogP contribution in [-0.4, -0.2) is 64.1 Å². The van der Waals surface area contributed by atoms with Crippen LogP contribution in [0.3, 0.4) is 0 Å². The first-order valence-electron chi connectivity index (χ1n) is 5.95. The lowest BCUT2D eigenvalue weighted by atomic mass is 9.72. The summed E-state index contributed by atoms with van der Waals surface area (Å²) in [4.78, 5) is 13.9. The zero-order chi connectivity index (χ0) is 15.1. The van der Waals surface area contributed by atoms with Crippen LogP contribution >= 0.6 is 0 Å². The SMILES string of the molecule is [B]CN(C)C([B])(C)C(=O)c1ccc2c(c1)OC([B])(O)O2. The van der Waals surface area contributed by atoms with Gasteiger partial charge in [0.15, 0.2) is 17.3 Å². The number of benzene rings is 1. The van der Waals surface area contributed by atoms with Crippen LogP contribution in [0.5, 0.6) is 11.5 Å². The minimum atomic E-state index is -2.22. The Labute approximate surface area is 121 Å². The van der Waals surface area contributed by atoms with Crippen LogP contribution in [0.15, 0.2) is 18.2 Å². The first-order chi connectivity index (χ1) is 9.17. The maximum atomic E-state index is 12.4. The van der Waals surface area contributed by atoms with Gasteiger partial charge in [-0.25, -0.2) is 0 Å². The second-order valence-electron chi connectivity index (χ2n) is 4.85. The molecule has 1 heterocycles. The van der Waals surface area contributed by atoms with E-state index in [1.807, 2.05) is 0 Å². The van der Waals surface area contributed by atoms with Gasteiger partial charge in [0.05, 0.1) is 7.85 Å². The Morgan fingerprint density at radius 2 is 2.05 bits per heavy atom. The van der Waals surface area contributed by atoms with Gasteiger partial charge in [0.25, 0.3) is 0 Å². The van der Waals surface area contributed by atoms with Crippen molar-refractivity contribution in [2.75, 3.05) is 13.5 Å². The molecule has 0 saturated heterocycles. The summed E-state index contributed by atoms with van der Waals surface area (Å²) in [5.74, 6) is -2.14. The minimum absolute atomic E-state index is 0.131. The predicted octanol–water partition coefficient (Wildman–Crippen LogP) is -0.645. The van der Waals surface area contributed by atoms with Crippen molar-refractivity contribution in [3.05, 3.63) is 23.8 Å². The van der Waals surface area contributed by atoms with E-state index in [0.717, 1.165) is 0 Å². The summed E-state index contributed by atoms with van der Waals surface area (Å²) in [6, 6.07) is 4.41. The molecule has 0 bridgehead atoms. The molecule has 1 N–H and O–H groups in total. The van der Waals surface area contributed by atoms with Gasteiger partial charge in [-0.3, -0.25) is 4.79 Å². The number of carbonyl (C=O) groups excluding carboxylic acids is 1. The fourth-order valence-corrected chi connectivity index (χ4v) is 1.80. The zero-order valence-corrected chi connectivity index (χ0v) is 11.3. The lowest BCUT2D eigenvalue weighted by Gasteiger charge is -2.34. The van der Waals surface area contributed by atoms with Crippen molar-refractivity contribution in [1.29, 1.82) is 0 Å². The van der Waals surface area contributed by atoms with Crippen molar-refractivity contribution < 1.29 is 19.4 Å². The molecule has 0 spiro atoms. The van der Waals surface area contributed by atoms with Crippen LogP contribution in [0, 0.1) is 0 Å². The topological polar surface area (TPSA) is 59.0 Å². The average molecular weight is 267 g/mol. The molecule has 98 valence electrons. The van der Waals surface area contributed by atoms with Gasteiger partial charge in [-0.2, -0.15) is 0 Å². The van der Waals surface area contributed by atoms with Crippen molar-refractivity contribution in [1.82, 2.24) is 4.90 Å². The maximum Gasteiger partial charge on any atom is 0.302 e. The standard InChI is InChI=1S/C12H12B3NO4/c1-11(14,16(2)6-13)10(17)7-3-4-8-9(5-7)20-12(15,18)19-8/h3-5,18H,6H2,1-2H3. The van der Waals surface area contributed by atoms with Crippen molar-refractivity contribution in [3.8, 4) is 11.5 Å². The van der Waals surface area contributed by atoms with Crippen molar-refractivity contribution >= 4 is 29.3 Å². The van der Waals surface area contributed by atoms with E-state index in [4.69, 9.17) is 33.0 Å². The highest BCUT2D eigenvalue weighted by atomic mass is 16.8. The number of Topliss-reactive ketones (excluding diaryl/α,β-unsaturated/α-hetero) is 1. The Morgan fingerprint density at radius 1 is 1.45 bits per heavy atom. The van der Waals surface area contributed by atoms with Gasteiger partial charge >= 0.3 is 5.87 Å². The molecule has 6 radical (unpaired) electrons. The van der Waals surface area contributed by atoms with E-state index < -0.39 is 11.3 Å². The van der Waals surface area contributed by atoms with E-state index in [2.05, 4.69) is 0 Å². The van der Waals surface area contributed by atoms with Gasteiger partial charge in [0.2, 0.25) is 7.85 Å². The van der Waals surface area contributed by atoms with Gasteiger partial charge in [-0.05, 0) is 38.6 Å². The smallest absolute Gasteiger partial charge is 0.302 e. The minimum Gasteiger partial charge on any atom is -0.435 e. The first-order valence-corrected chi connectivity index (χ1v) is 5.95. The van der Waals surface area contributed by atoms with E-state index >= 15 is 0 Å². The molecular formula is C12H12B3NO4. The summed E-state index contributed by atoms with van der Waals surface area (Å²) in [5, 5.41) is 9.43. The molecule has 8 heteroatoms. The summed E-state index contributed by atoms with van der Waals surface area (Å²) in [5.41, 5.74) is -0.961. The second kappa shape index (κ2) is 4.86. The quantitative estimate of drug-likeness (QED) is 0.580. The first kappa shape index (κ1) is 15.0. The number of aliphatic hydroxyl groups is 1. The number of rotatable bonds is 4.